The van der Waals surface area contributed by atoms with Crippen molar-refractivity contribution in [3.05, 3.63) is 53.1 Å². The normalized spacial score (nSPS) is 12.2. The van der Waals surface area contributed by atoms with Crippen LogP contribution in [0, 0.1) is 13.8 Å². The van der Waals surface area contributed by atoms with E-state index in [1.165, 1.54) is 18.2 Å². The maximum atomic E-state index is 12.5. The van der Waals surface area contributed by atoms with E-state index in [-0.39, 0.29) is 28.3 Å². The molecule has 0 heterocycles. The number of nitrogens with one attached hydrogen (secondary N) is 2. The molecule has 3 aromatic rings. The number of fused-ring (bicyclic) bond motifs is 1. The van der Waals surface area contributed by atoms with Crippen LogP contribution in [0.2, 0.25) is 0 Å². The molecule has 0 aliphatic rings. The molecule has 0 radical (unpaired) electrons. The van der Waals surface area contributed by atoms with Gasteiger partial charge in [0.2, 0.25) is 0 Å². The van der Waals surface area contributed by atoms with Gasteiger partial charge in [-0.25, -0.2) is 8.42 Å². The molecule has 3 aromatic carbocycles. The van der Waals surface area contributed by atoms with Crippen molar-refractivity contribution in [2.75, 3.05) is 29.9 Å². The lowest BCUT2D eigenvalue weighted by Crippen LogP contribution is -2.31. The smallest absolute Gasteiger partial charge is 0.296 e. The van der Waals surface area contributed by atoms with Crippen molar-refractivity contribution < 1.29 is 31.3 Å². The summed E-state index contributed by atoms with van der Waals surface area (Å²) in [7, 11) is -6.74. The molecule has 0 fully saturated rings. The maximum Gasteiger partial charge on any atom is 0.296 e. The first-order valence-electron chi connectivity index (χ1n) is 10.8. The van der Waals surface area contributed by atoms with Gasteiger partial charge >= 0.3 is 0 Å². The molecular formula is C23H25ClN4O7S2. The summed E-state index contributed by atoms with van der Waals surface area (Å²) < 4.78 is 57.7. The molecule has 11 nitrogen and oxygen atoms in total. The van der Waals surface area contributed by atoms with Crippen molar-refractivity contribution in [2.45, 2.75) is 18.7 Å². The number of phenols is 1. The van der Waals surface area contributed by atoms with Gasteiger partial charge in [-0.2, -0.15) is 13.5 Å². The van der Waals surface area contributed by atoms with Gasteiger partial charge in [0.1, 0.15) is 16.5 Å². The molecule has 4 N–H and O–H groups in total. The van der Waals surface area contributed by atoms with Gasteiger partial charge in [-0.15, -0.1) is 16.7 Å². The minimum absolute atomic E-state index is 0.0753. The van der Waals surface area contributed by atoms with E-state index in [0.29, 0.717) is 16.6 Å². The third-order valence-corrected chi connectivity index (χ3v) is 8.10. The van der Waals surface area contributed by atoms with Crippen LogP contribution in [0.3, 0.4) is 0 Å². The zero-order chi connectivity index (χ0) is 27.5. The second-order valence-corrected chi connectivity index (χ2v) is 12.1. The number of hydrogen-bond acceptors (Lipinski definition) is 9. The van der Waals surface area contributed by atoms with Crippen molar-refractivity contribution in [1.29, 1.82) is 0 Å². The highest BCUT2D eigenvalue weighted by atomic mass is 35.5. The highest BCUT2D eigenvalue weighted by molar-refractivity contribution is 7.91. The molecule has 198 valence electrons. The molecule has 0 spiro atoms. The van der Waals surface area contributed by atoms with Crippen molar-refractivity contribution in [1.82, 2.24) is 5.32 Å². The Kier molecular flexibility index (Phi) is 8.42. The van der Waals surface area contributed by atoms with E-state index in [0.717, 1.165) is 5.56 Å². The first kappa shape index (κ1) is 28.3. The fraction of sp³-hybridized carbons (Fsp3) is 0.261. The number of aromatic hydroxyl groups is 1. The molecule has 0 saturated carbocycles. The van der Waals surface area contributed by atoms with Crippen LogP contribution in [0.25, 0.3) is 10.8 Å². The number of alkyl halides is 1. The summed E-state index contributed by atoms with van der Waals surface area (Å²) in [5, 5.41) is 24.8. The summed E-state index contributed by atoms with van der Waals surface area (Å²) in [6.45, 7) is 3.45. The van der Waals surface area contributed by atoms with Crippen molar-refractivity contribution in [2.24, 2.45) is 10.2 Å². The number of carbonyl (C=O) groups is 1. The van der Waals surface area contributed by atoms with Crippen LogP contribution in [0.4, 0.5) is 17.1 Å². The van der Waals surface area contributed by atoms with E-state index in [1.807, 2.05) is 0 Å². The molecule has 0 aromatic heterocycles. The number of sulfone groups is 1. The van der Waals surface area contributed by atoms with Gasteiger partial charge in [-0.05, 0) is 54.6 Å². The first-order valence-corrected chi connectivity index (χ1v) is 14.6. The Morgan fingerprint density at radius 1 is 1.05 bits per heavy atom. The minimum Gasteiger partial charge on any atom is -0.505 e. The van der Waals surface area contributed by atoms with Crippen LogP contribution in [0.5, 0.6) is 5.75 Å². The monoisotopic (exact) mass is 568 g/mol. The molecule has 3 rings (SSSR count). The summed E-state index contributed by atoms with van der Waals surface area (Å²) >= 11 is 5.46. The molecule has 0 bridgehead atoms. The molecule has 14 heteroatoms. The molecule has 0 unspecified atom stereocenters. The fourth-order valence-corrected chi connectivity index (χ4v) is 5.65. The third kappa shape index (κ3) is 6.55. The average Bonchev–Trinajstić information content (AvgIpc) is 2.81. The zero-order valence-corrected chi connectivity index (χ0v) is 22.5. The summed E-state index contributed by atoms with van der Waals surface area (Å²) in [5.74, 6) is -2.19. The van der Waals surface area contributed by atoms with Crippen LogP contribution >= 0.6 is 11.6 Å². The van der Waals surface area contributed by atoms with Gasteiger partial charge in [0.05, 0.1) is 11.4 Å². The Labute approximate surface area is 219 Å². The predicted molar refractivity (Wildman–Crippen MR) is 142 cm³/mol. The maximum absolute atomic E-state index is 12.5. The van der Waals surface area contributed by atoms with Gasteiger partial charge in [0.15, 0.2) is 15.6 Å². The van der Waals surface area contributed by atoms with Crippen LogP contribution in [-0.4, -0.2) is 57.0 Å². The highest BCUT2D eigenvalue weighted by Gasteiger charge is 2.23. The van der Waals surface area contributed by atoms with Crippen molar-refractivity contribution in [3.63, 3.8) is 0 Å². The molecule has 0 atom stereocenters. The van der Waals surface area contributed by atoms with E-state index in [4.69, 9.17) is 11.6 Å². The number of nitrogens with zero attached hydrogens (tertiary/aromatic N) is 2. The van der Waals surface area contributed by atoms with Crippen molar-refractivity contribution in [3.8, 4) is 5.75 Å². The topological polar surface area (TPSA) is 175 Å². The minimum atomic E-state index is -4.81. The number of azo groups is 1. The molecule has 0 aliphatic carbocycles. The highest BCUT2D eigenvalue weighted by Crippen LogP contribution is 2.44. The summed E-state index contributed by atoms with van der Waals surface area (Å²) in [6.07, 6.45) is 0. The molecule has 0 saturated heterocycles. The number of rotatable bonds is 9. The van der Waals surface area contributed by atoms with E-state index < -0.39 is 48.1 Å². The quantitative estimate of drug-likeness (QED) is 0.169. The lowest BCUT2D eigenvalue weighted by molar-refractivity contribution is 0.0960. The second-order valence-electron chi connectivity index (χ2n) is 8.20. The predicted octanol–water partition coefficient (Wildman–Crippen LogP) is 4.21. The lowest BCUT2D eigenvalue weighted by Gasteiger charge is -2.13. The van der Waals surface area contributed by atoms with E-state index >= 15 is 0 Å². The largest absolute Gasteiger partial charge is 0.505 e. The third-order valence-electron chi connectivity index (χ3n) is 5.41. The second kappa shape index (κ2) is 11.0. The Balaban J connectivity index is 2.07. The molecule has 1 amide bonds. The van der Waals surface area contributed by atoms with Crippen LogP contribution in [0.1, 0.15) is 21.5 Å². The van der Waals surface area contributed by atoms with Crippen LogP contribution in [0.15, 0.2) is 51.5 Å². The lowest BCUT2D eigenvalue weighted by atomic mass is 10.0. The van der Waals surface area contributed by atoms with Gasteiger partial charge < -0.3 is 15.7 Å². The van der Waals surface area contributed by atoms with E-state index in [9.17, 15) is 31.3 Å². The Morgan fingerprint density at radius 2 is 1.76 bits per heavy atom. The van der Waals surface area contributed by atoms with Gasteiger partial charge in [0, 0.05) is 29.6 Å². The van der Waals surface area contributed by atoms with Crippen molar-refractivity contribution >= 4 is 65.3 Å². The van der Waals surface area contributed by atoms with Gasteiger partial charge in [-0.1, -0.05) is 12.1 Å². The van der Waals surface area contributed by atoms with Crippen LogP contribution in [-0.2, 0) is 20.0 Å². The Morgan fingerprint density at radius 3 is 2.38 bits per heavy atom. The van der Waals surface area contributed by atoms with Gasteiger partial charge in [-0.3, -0.25) is 9.35 Å². The Hall–Kier alpha value is -3.26. The Bertz CT molecular complexity index is 1620. The molecule has 37 heavy (non-hydrogen) atoms. The van der Waals surface area contributed by atoms with E-state index in [2.05, 4.69) is 20.9 Å². The van der Waals surface area contributed by atoms with Crippen LogP contribution < -0.4 is 10.6 Å². The molecule has 0 aliphatic heterocycles. The summed E-state index contributed by atoms with van der Waals surface area (Å²) in [4.78, 5) is 11.8. The SMILES string of the molecule is CNc1cc(C)cc2cc(S(=O)(=O)O)c(N=Nc3cc(C(=O)NCS(=O)(=O)CCCl)ccc3C)c(O)c12. The standard InChI is InChI=1S/C23H25ClN4O7S2/c1-13-8-16-11-19(37(33,34)35)21(22(29)20(16)18(9-13)25-3)28-27-17-10-15(5-4-14(17)2)23(30)26-12-36(31,32)7-6-24/h4-5,8-11,25,29H,6-7,12H2,1-3H3,(H,26,30)(H,33,34,35). The number of aryl methyl sites for hydroxylation is 2. The summed E-state index contributed by atoms with van der Waals surface area (Å²) in [6, 6.07) is 8.90. The zero-order valence-electron chi connectivity index (χ0n) is 20.1. The number of benzene rings is 3. The number of amides is 1. The van der Waals surface area contributed by atoms with E-state index in [1.54, 1.807) is 39.1 Å². The number of carbonyl (C=O) groups excluding carboxylic acids is 1. The summed E-state index contributed by atoms with van der Waals surface area (Å²) in [5.41, 5.74) is 1.58. The number of phenolic OH excluding ortho intramolecular Hbond substituents is 1. The first-order chi connectivity index (χ1) is 17.3. The average molecular weight is 569 g/mol. The number of anilines is 1. The fourth-order valence-electron chi connectivity index (χ4n) is 3.56. The molecular weight excluding hydrogens is 544 g/mol. The van der Waals surface area contributed by atoms with Gasteiger partial charge in [0.25, 0.3) is 16.0 Å². The number of hydrogen-bond donors (Lipinski definition) is 4. The number of halogens is 1.